The molecule has 3 aliphatic rings. The predicted octanol–water partition coefficient (Wildman–Crippen LogP) is 6.49. The van der Waals surface area contributed by atoms with E-state index >= 15 is 9.59 Å². The van der Waals surface area contributed by atoms with Gasteiger partial charge in [-0.05, 0) is 75.6 Å². The van der Waals surface area contributed by atoms with Crippen molar-refractivity contribution in [1.82, 2.24) is 4.90 Å². The fourth-order valence-electron chi connectivity index (χ4n) is 8.64. The number of likely N-dealkylation sites (tertiary alicyclic amines) is 1. The summed E-state index contributed by atoms with van der Waals surface area (Å²) in [5, 5.41) is 11.0. The number of aliphatic hydroxyl groups is 1. The lowest BCUT2D eigenvalue weighted by Gasteiger charge is -2.40. The third kappa shape index (κ3) is 5.84. The second-order valence-electron chi connectivity index (χ2n) is 13.6. The van der Waals surface area contributed by atoms with Crippen LogP contribution in [-0.4, -0.2) is 76.0 Å². The van der Waals surface area contributed by atoms with E-state index in [1.165, 1.54) is 0 Å². The van der Waals surface area contributed by atoms with Gasteiger partial charge in [-0.1, -0.05) is 60.7 Å². The molecule has 3 fully saturated rings. The molecule has 3 heterocycles. The van der Waals surface area contributed by atoms with E-state index in [0.29, 0.717) is 25.1 Å². The van der Waals surface area contributed by atoms with E-state index in [-0.39, 0.29) is 30.9 Å². The number of para-hydroxylation sites is 1. The van der Waals surface area contributed by atoms with Gasteiger partial charge in [0, 0.05) is 48.0 Å². The van der Waals surface area contributed by atoms with Crippen LogP contribution in [0.2, 0.25) is 0 Å². The molecule has 0 radical (unpaired) electrons. The Balaban J connectivity index is 1.47. The highest BCUT2D eigenvalue weighted by Gasteiger charge is 2.78. The predicted molar refractivity (Wildman–Crippen MR) is 203 cm³/mol. The Kier molecular flexibility index (Phi) is 10.3. The Morgan fingerprint density at radius 3 is 1.96 bits per heavy atom. The second kappa shape index (κ2) is 14.5. The van der Waals surface area contributed by atoms with E-state index in [2.05, 4.69) is 38.8 Å². The maximum Gasteiger partial charge on any atom is 0.251 e. The van der Waals surface area contributed by atoms with E-state index in [1.807, 2.05) is 84.9 Å². The Bertz CT molecular complexity index is 1720. The standard InChI is InChI=1S/C41H48N4O4S/c1-6-26-43(31-18-14-11-15-19-31)37(47)34-35-38(48)45(33(28-46)29-16-12-10-13-17-29)36(41(35)25-24-40(34,5)50-41)39(49)44(27-7-2)32-22-20-30(21-23-32)42(8-3)9-4/h6-7,10-23,33-36,46H,1-2,8-9,24-28H2,3-5H3/t33-,34-,35+,36?,40+,41?/m1/s1. The number of nitrogens with zero attached hydrogens (tertiary/aromatic N) is 4. The summed E-state index contributed by atoms with van der Waals surface area (Å²) in [5.41, 5.74) is 3.24. The van der Waals surface area contributed by atoms with E-state index in [9.17, 15) is 9.90 Å². The van der Waals surface area contributed by atoms with E-state index in [4.69, 9.17) is 0 Å². The molecular formula is C41H48N4O4S. The molecular weight excluding hydrogens is 645 g/mol. The first-order valence-corrected chi connectivity index (χ1v) is 18.4. The average Bonchev–Trinajstić information content (AvgIpc) is 3.71. The van der Waals surface area contributed by atoms with Gasteiger partial charge in [-0.15, -0.1) is 24.9 Å². The molecule has 262 valence electrons. The minimum Gasteiger partial charge on any atom is -0.394 e. The summed E-state index contributed by atoms with van der Waals surface area (Å²) in [6.07, 6.45) is 4.69. The summed E-state index contributed by atoms with van der Waals surface area (Å²) >= 11 is 1.63. The van der Waals surface area contributed by atoms with Crippen molar-refractivity contribution in [1.29, 1.82) is 0 Å². The van der Waals surface area contributed by atoms with Gasteiger partial charge in [-0.3, -0.25) is 14.4 Å². The maximum absolute atomic E-state index is 15.3. The smallest absolute Gasteiger partial charge is 0.251 e. The Morgan fingerprint density at radius 1 is 0.860 bits per heavy atom. The zero-order chi connectivity index (χ0) is 35.6. The van der Waals surface area contributed by atoms with Gasteiger partial charge in [0.15, 0.2) is 0 Å². The average molecular weight is 693 g/mol. The summed E-state index contributed by atoms with van der Waals surface area (Å²) in [7, 11) is 0. The quantitative estimate of drug-likeness (QED) is 0.195. The number of thioether (sulfide) groups is 1. The molecule has 6 rings (SSSR count). The Hall–Kier alpha value is -4.34. The van der Waals surface area contributed by atoms with Crippen molar-refractivity contribution in [3.8, 4) is 0 Å². The number of aliphatic hydroxyl groups excluding tert-OH is 1. The van der Waals surface area contributed by atoms with Crippen molar-refractivity contribution >= 4 is 46.5 Å². The summed E-state index contributed by atoms with van der Waals surface area (Å²) in [6, 6.07) is 25.1. The first kappa shape index (κ1) is 35.5. The molecule has 9 heteroatoms. The van der Waals surface area contributed by atoms with Crippen molar-refractivity contribution in [2.75, 3.05) is 47.5 Å². The highest BCUT2D eigenvalue weighted by molar-refractivity contribution is 8.02. The second-order valence-corrected chi connectivity index (χ2v) is 15.5. The lowest BCUT2D eigenvalue weighted by Crippen LogP contribution is -2.56. The van der Waals surface area contributed by atoms with Crippen LogP contribution in [0.1, 0.15) is 45.2 Å². The molecule has 3 aliphatic heterocycles. The highest BCUT2D eigenvalue weighted by Crippen LogP contribution is 2.72. The molecule has 2 bridgehead atoms. The van der Waals surface area contributed by atoms with Crippen LogP contribution in [0.5, 0.6) is 0 Å². The number of fused-ring (bicyclic) bond motifs is 1. The summed E-state index contributed by atoms with van der Waals surface area (Å²) in [6.45, 7) is 16.1. The summed E-state index contributed by atoms with van der Waals surface area (Å²) in [4.78, 5) is 52.6. The summed E-state index contributed by atoms with van der Waals surface area (Å²) < 4.78 is -1.44. The minimum atomic E-state index is -0.922. The molecule has 0 aliphatic carbocycles. The number of hydrogen-bond acceptors (Lipinski definition) is 6. The molecule has 1 spiro atoms. The van der Waals surface area contributed by atoms with Crippen LogP contribution < -0.4 is 14.7 Å². The molecule has 6 atom stereocenters. The first-order chi connectivity index (χ1) is 24.2. The number of carbonyl (C=O) groups excluding carboxylic acids is 3. The van der Waals surface area contributed by atoms with Crippen molar-refractivity contribution < 1.29 is 19.5 Å². The number of anilines is 3. The van der Waals surface area contributed by atoms with Crippen LogP contribution in [0.25, 0.3) is 0 Å². The van der Waals surface area contributed by atoms with Gasteiger partial charge in [-0.25, -0.2) is 0 Å². The Labute approximate surface area is 300 Å². The molecule has 0 aromatic heterocycles. The largest absolute Gasteiger partial charge is 0.394 e. The lowest BCUT2D eigenvalue weighted by atomic mass is 9.66. The lowest BCUT2D eigenvalue weighted by molar-refractivity contribution is -0.142. The highest BCUT2D eigenvalue weighted by atomic mass is 32.2. The van der Waals surface area contributed by atoms with Crippen LogP contribution in [0.3, 0.4) is 0 Å². The van der Waals surface area contributed by atoms with Gasteiger partial charge in [-0.2, -0.15) is 0 Å². The Morgan fingerprint density at radius 2 is 1.40 bits per heavy atom. The van der Waals surface area contributed by atoms with Crippen molar-refractivity contribution in [3.63, 3.8) is 0 Å². The number of rotatable bonds is 14. The van der Waals surface area contributed by atoms with Crippen LogP contribution >= 0.6 is 11.8 Å². The molecule has 2 unspecified atom stereocenters. The zero-order valence-corrected chi connectivity index (χ0v) is 30.1. The molecule has 8 nitrogen and oxygen atoms in total. The van der Waals surface area contributed by atoms with Gasteiger partial charge in [0.25, 0.3) is 5.91 Å². The molecule has 1 N–H and O–H groups in total. The van der Waals surface area contributed by atoms with E-state index < -0.39 is 33.4 Å². The van der Waals surface area contributed by atoms with Gasteiger partial charge < -0.3 is 24.7 Å². The zero-order valence-electron chi connectivity index (χ0n) is 29.3. The van der Waals surface area contributed by atoms with Crippen LogP contribution in [0.15, 0.2) is 110 Å². The first-order valence-electron chi connectivity index (χ1n) is 17.6. The van der Waals surface area contributed by atoms with Gasteiger partial charge in [0.05, 0.1) is 29.2 Å². The fourth-order valence-corrected chi connectivity index (χ4v) is 11.0. The number of amides is 3. The summed E-state index contributed by atoms with van der Waals surface area (Å²) in [5.74, 6) is -2.07. The van der Waals surface area contributed by atoms with E-state index in [0.717, 1.165) is 30.0 Å². The van der Waals surface area contributed by atoms with E-state index in [1.54, 1.807) is 38.6 Å². The monoisotopic (exact) mass is 692 g/mol. The molecule has 3 aromatic rings. The molecule has 3 saturated heterocycles. The van der Waals surface area contributed by atoms with Gasteiger partial charge in [0.2, 0.25) is 11.8 Å². The third-order valence-electron chi connectivity index (χ3n) is 10.9. The third-order valence-corrected chi connectivity index (χ3v) is 12.9. The van der Waals surface area contributed by atoms with Crippen LogP contribution in [0.4, 0.5) is 17.1 Å². The van der Waals surface area contributed by atoms with Crippen LogP contribution in [0, 0.1) is 11.8 Å². The van der Waals surface area contributed by atoms with Gasteiger partial charge in [0.1, 0.15) is 6.04 Å². The van der Waals surface area contributed by atoms with Crippen molar-refractivity contribution in [2.24, 2.45) is 11.8 Å². The molecule has 3 aromatic carbocycles. The van der Waals surface area contributed by atoms with Crippen LogP contribution in [-0.2, 0) is 14.4 Å². The molecule has 0 saturated carbocycles. The van der Waals surface area contributed by atoms with Crippen molar-refractivity contribution in [2.45, 2.75) is 55.2 Å². The normalized spacial score (nSPS) is 25.6. The molecule has 3 amide bonds. The fraction of sp³-hybridized carbons (Fsp3) is 0.390. The topological polar surface area (TPSA) is 84.4 Å². The minimum absolute atomic E-state index is 0.144. The SMILES string of the molecule is C=CCN(C(=O)C1N([C@H](CO)c2ccccc2)C(=O)[C@@H]2[C@H](C(=O)N(CC=C)c3ccccc3)[C@]3(C)CCC12S3)c1ccc(N(CC)CC)cc1. The van der Waals surface area contributed by atoms with Crippen molar-refractivity contribution in [3.05, 3.63) is 116 Å². The number of benzene rings is 3. The molecule has 50 heavy (non-hydrogen) atoms. The maximum atomic E-state index is 15.3. The number of hydrogen-bond donors (Lipinski definition) is 1. The number of carbonyl (C=O) groups is 3. The van der Waals surface area contributed by atoms with Gasteiger partial charge >= 0.3 is 0 Å².